The van der Waals surface area contributed by atoms with Gasteiger partial charge in [-0.2, -0.15) is 0 Å². The minimum absolute atomic E-state index is 0.781. The van der Waals surface area contributed by atoms with Crippen molar-refractivity contribution in [2.24, 2.45) is 0 Å². The minimum Gasteiger partial charge on any atom is -0.341 e. The lowest BCUT2D eigenvalue weighted by Crippen LogP contribution is -1.85. The molecule has 0 bridgehead atoms. The normalized spacial score (nSPS) is 11.3. The zero-order chi connectivity index (χ0) is 13.2. The third-order valence-corrected chi connectivity index (χ3v) is 4.22. The van der Waals surface area contributed by atoms with E-state index in [9.17, 15) is 0 Å². The lowest BCUT2D eigenvalue weighted by atomic mass is 10.3. The second-order valence-electron chi connectivity index (χ2n) is 4.20. The molecule has 2 N–H and O–H groups in total. The number of rotatable bonds is 4. The second kappa shape index (κ2) is 5.38. The molecule has 0 unspecified atom stereocenters. The molecular weight excluding hydrogens is 324 g/mol. The first-order valence-corrected chi connectivity index (χ1v) is 7.83. The highest BCUT2D eigenvalue weighted by atomic mass is 79.9. The maximum Gasteiger partial charge on any atom is 0.165 e. The predicted molar refractivity (Wildman–Crippen MR) is 81.3 cm³/mol. The van der Waals surface area contributed by atoms with E-state index >= 15 is 0 Å². The Bertz CT molecular complexity index is 704. The van der Waals surface area contributed by atoms with Crippen LogP contribution in [0.25, 0.3) is 11.0 Å². The SMILES string of the molecule is CCc1cnc(SCc2nc3ccc(Br)cc3[nH]2)[nH]1. The molecule has 0 amide bonds. The standard InChI is InChI=1S/C13H13BrN4S/c1-2-9-6-15-13(16-9)19-7-12-17-10-4-3-8(14)5-11(10)18-12/h3-6H,2,7H2,1H3,(H,15,16)(H,17,18). The molecule has 1 aromatic carbocycles. The van der Waals surface area contributed by atoms with Crippen molar-refractivity contribution in [3.63, 3.8) is 0 Å². The van der Waals surface area contributed by atoms with Gasteiger partial charge >= 0.3 is 0 Å². The Morgan fingerprint density at radius 2 is 2.21 bits per heavy atom. The molecule has 4 nitrogen and oxygen atoms in total. The highest BCUT2D eigenvalue weighted by molar-refractivity contribution is 9.10. The van der Waals surface area contributed by atoms with Crippen molar-refractivity contribution in [1.29, 1.82) is 0 Å². The van der Waals surface area contributed by atoms with Gasteiger partial charge in [0, 0.05) is 16.4 Å². The highest BCUT2D eigenvalue weighted by Crippen LogP contribution is 2.22. The summed E-state index contributed by atoms with van der Waals surface area (Å²) in [7, 11) is 0. The Morgan fingerprint density at radius 3 is 3.00 bits per heavy atom. The van der Waals surface area contributed by atoms with Crippen LogP contribution in [0.1, 0.15) is 18.4 Å². The largest absolute Gasteiger partial charge is 0.341 e. The van der Waals surface area contributed by atoms with Crippen LogP contribution in [0, 0.1) is 0 Å². The summed E-state index contributed by atoms with van der Waals surface area (Å²) < 4.78 is 1.06. The number of aromatic amines is 2. The fraction of sp³-hybridized carbons (Fsp3) is 0.231. The summed E-state index contributed by atoms with van der Waals surface area (Å²) in [4.78, 5) is 15.5. The third-order valence-electron chi connectivity index (χ3n) is 2.82. The summed E-state index contributed by atoms with van der Waals surface area (Å²) in [6.45, 7) is 2.11. The van der Waals surface area contributed by atoms with Gasteiger partial charge in [0.1, 0.15) is 5.82 Å². The lowest BCUT2D eigenvalue weighted by molar-refractivity contribution is 0.990. The first-order valence-electron chi connectivity index (χ1n) is 6.05. The van der Waals surface area contributed by atoms with Gasteiger partial charge < -0.3 is 9.97 Å². The van der Waals surface area contributed by atoms with Gasteiger partial charge in [-0.15, -0.1) is 0 Å². The lowest BCUT2D eigenvalue weighted by Gasteiger charge is -1.94. The number of hydrogen-bond donors (Lipinski definition) is 2. The van der Waals surface area contributed by atoms with Crippen LogP contribution in [0.2, 0.25) is 0 Å². The number of hydrogen-bond acceptors (Lipinski definition) is 3. The summed E-state index contributed by atoms with van der Waals surface area (Å²) in [6.07, 6.45) is 2.87. The number of fused-ring (bicyclic) bond motifs is 1. The number of H-pyrrole nitrogens is 2. The summed E-state index contributed by atoms with van der Waals surface area (Å²) in [5.41, 5.74) is 3.21. The molecule has 0 aliphatic rings. The molecule has 19 heavy (non-hydrogen) atoms. The van der Waals surface area contributed by atoms with Crippen molar-refractivity contribution >= 4 is 38.7 Å². The maximum absolute atomic E-state index is 4.56. The summed E-state index contributed by atoms with van der Waals surface area (Å²) in [6, 6.07) is 6.05. The average molecular weight is 337 g/mol. The van der Waals surface area contributed by atoms with Gasteiger partial charge in [0.15, 0.2) is 5.16 Å². The van der Waals surface area contributed by atoms with Gasteiger partial charge in [-0.05, 0) is 24.6 Å². The Hall–Kier alpha value is -1.27. The number of benzene rings is 1. The molecule has 2 heterocycles. The monoisotopic (exact) mass is 336 g/mol. The van der Waals surface area contributed by atoms with Crippen LogP contribution in [0.15, 0.2) is 34.0 Å². The van der Waals surface area contributed by atoms with Crippen LogP contribution < -0.4 is 0 Å². The molecule has 0 fully saturated rings. The molecule has 6 heteroatoms. The summed E-state index contributed by atoms with van der Waals surface area (Å²) >= 11 is 5.12. The van der Waals surface area contributed by atoms with Crippen molar-refractivity contribution in [3.05, 3.63) is 40.4 Å². The molecule has 0 aliphatic heterocycles. The number of halogens is 1. The Labute approximate surface area is 123 Å². The van der Waals surface area contributed by atoms with Crippen LogP contribution >= 0.6 is 27.7 Å². The van der Waals surface area contributed by atoms with E-state index in [-0.39, 0.29) is 0 Å². The van der Waals surface area contributed by atoms with Crippen LogP contribution in [0.3, 0.4) is 0 Å². The van der Waals surface area contributed by atoms with E-state index in [4.69, 9.17) is 0 Å². The number of aryl methyl sites for hydroxylation is 1. The number of thioether (sulfide) groups is 1. The summed E-state index contributed by atoms with van der Waals surface area (Å²) in [5, 5.41) is 0.943. The van der Waals surface area contributed by atoms with Gasteiger partial charge in [0.25, 0.3) is 0 Å². The number of imidazole rings is 2. The van der Waals surface area contributed by atoms with E-state index in [2.05, 4.69) is 42.8 Å². The second-order valence-corrected chi connectivity index (χ2v) is 6.08. The van der Waals surface area contributed by atoms with Crippen molar-refractivity contribution in [3.8, 4) is 0 Å². The van der Waals surface area contributed by atoms with Crippen molar-refractivity contribution in [2.75, 3.05) is 0 Å². The summed E-state index contributed by atoms with van der Waals surface area (Å²) in [5.74, 6) is 1.75. The zero-order valence-electron chi connectivity index (χ0n) is 10.4. The molecule has 98 valence electrons. The molecule has 2 aromatic heterocycles. The fourth-order valence-electron chi connectivity index (χ4n) is 1.83. The van der Waals surface area contributed by atoms with E-state index in [0.29, 0.717) is 0 Å². The van der Waals surface area contributed by atoms with E-state index < -0.39 is 0 Å². The number of aromatic nitrogens is 4. The third kappa shape index (κ3) is 2.84. The molecule has 0 aliphatic carbocycles. The van der Waals surface area contributed by atoms with E-state index in [1.165, 1.54) is 0 Å². The molecule has 3 rings (SSSR count). The predicted octanol–water partition coefficient (Wildman–Crippen LogP) is 3.90. The highest BCUT2D eigenvalue weighted by Gasteiger charge is 2.05. The molecule has 0 radical (unpaired) electrons. The molecule has 0 saturated heterocycles. The smallest absolute Gasteiger partial charge is 0.165 e. The van der Waals surface area contributed by atoms with Gasteiger partial charge in [-0.25, -0.2) is 9.97 Å². The minimum atomic E-state index is 0.781. The van der Waals surface area contributed by atoms with Crippen molar-refractivity contribution < 1.29 is 0 Å². The number of nitrogens with one attached hydrogen (secondary N) is 2. The van der Waals surface area contributed by atoms with Gasteiger partial charge in [-0.3, -0.25) is 0 Å². The van der Waals surface area contributed by atoms with Gasteiger partial charge in [0.05, 0.1) is 16.8 Å². The quantitative estimate of drug-likeness (QED) is 0.710. The van der Waals surface area contributed by atoms with Crippen molar-refractivity contribution in [2.45, 2.75) is 24.3 Å². The molecular formula is C13H13BrN4S. The fourth-order valence-corrected chi connectivity index (χ4v) is 2.93. The molecule has 0 atom stereocenters. The Balaban J connectivity index is 1.74. The van der Waals surface area contributed by atoms with Gasteiger partial charge in [0.2, 0.25) is 0 Å². The van der Waals surface area contributed by atoms with Crippen LogP contribution in [0.5, 0.6) is 0 Å². The van der Waals surface area contributed by atoms with E-state index in [0.717, 1.165) is 44.4 Å². The molecule has 3 aromatic rings. The van der Waals surface area contributed by atoms with Crippen molar-refractivity contribution in [1.82, 2.24) is 19.9 Å². The van der Waals surface area contributed by atoms with Crippen LogP contribution in [-0.4, -0.2) is 19.9 Å². The zero-order valence-corrected chi connectivity index (χ0v) is 12.8. The number of nitrogens with zero attached hydrogens (tertiary/aromatic N) is 2. The first-order chi connectivity index (χ1) is 9.24. The van der Waals surface area contributed by atoms with Gasteiger partial charge in [-0.1, -0.05) is 34.6 Å². The first kappa shape index (κ1) is 12.7. The van der Waals surface area contributed by atoms with Crippen LogP contribution in [0.4, 0.5) is 0 Å². The topological polar surface area (TPSA) is 57.4 Å². The Kier molecular flexibility index (Phi) is 3.61. The van der Waals surface area contributed by atoms with Crippen LogP contribution in [-0.2, 0) is 12.2 Å². The van der Waals surface area contributed by atoms with E-state index in [1.54, 1.807) is 11.8 Å². The average Bonchev–Trinajstić information content (AvgIpc) is 3.01. The molecule has 0 spiro atoms. The Morgan fingerprint density at radius 1 is 1.32 bits per heavy atom. The van der Waals surface area contributed by atoms with E-state index in [1.807, 2.05) is 24.4 Å². The molecule has 0 saturated carbocycles. The maximum atomic E-state index is 4.56.